The fourth-order valence-electron chi connectivity index (χ4n) is 4.61. The van der Waals surface area contributed by atoms with E-state index in [1.165, 1.54) is 11.1 Å². The van der Waals surface area contributed by atoms with Crippen LogP contribution in [0, 0.1) is 0 Å². The Morgan fingerprint density at radius 2 is 0.651 bits per heavy atom. The van der Waals surface area contributed by atoms with Crippen LogP contribution in [0.2, 0.25) is 0 Å². The molecule has 6 aromatic rings. The molecule has 216 valence electrons. The van der Waals surface area contributed by atoms with E-state index in [-0.39, 0.29) is 10.8 Å². The summed E-state index contributed by atoms with van der Waals surface area (Å²) in [5.74, 6) is 3.26. The number of rotatable bonds is 6. The Hall–Kier alpha value is -5.04. The lowest BCUT2D eigenvalue weighted by Crippen LogP contribution is -2.10. The van der Waals surface area contributed by atoms with Crippen molar-refractivity contribution in [1.82, 2.24) is 20.4 Å². The van der Waals surface area contributed by atoms with Crippen molar-refractivity contribution in [3.8, 4) is 57.3 Å². The Balaban J connectivity index is 1.10. The SMILES string of the molecule is CC(C)(C)c1ccc(-c2nnc(-c3ccc(Oc4ccc(-c5nnc(-c6ccc(C(C)(C)C)cc6)o5)cc4)cc3)o2)cc1. The van der Waals surface area contributed by atoms with Crippen LogP contribution < -0.4 is 4.74 Å². The lowest BCUT2D eigenvalue weighted by atomic mass is 9.87. The van der Waals surface area contributed by atoms with Crippen molar-refractivity contribution in [3.63, 3.8) is 0 Å². The zero-order chi connectivity index (χ0) is 30.2. The fraction of sp³-hybridized carbons (Fsp3) is 0.222. The first-order valence-electron chi connectivity index (χ1n) is 14.3. The van der Waals surface area contributed by atoms with Crippen LogP contribution in [0.1, 0.15) is 52.7 Å². The third kappa shape index (κ3) is 6.26. The highest BCUT2D eigenvalue weighted by Gasteiger charge is 2.17. The molecule has 0 spiro atoms. The van der Waals surface area contributed by atoms with Crippen molar-refractivity contribution in [2.75, 3.05) is 0 Å². The van der Waals surface area contributed by atoms with E-state index in [1.54, 1.807) is 0 Å². The van der Waals surface area contributed by atoms with Crippen LogP contribution in [-0.2, 0) is 10.8 Å². The van der Waals surface area contributed by atoms with Crippen LogP contribution >= 0.6 is 0 Å². The molecule has 0 aliphatic rings. The van der Waals surface area contributed by atoms with Gasteiger partial charge in [-0.3, -0.25) is 0 Å². The highest BCUT2D eigenvalue weighted by molar-refractivity contribution is 5.61. The van der Waals surface area contributed by atoms with Crippen LogP contribution in [0.3, 0.4) is 0 Å². The van der Waals surface area contributed by atoms with E-state index < -0.39 is 0 Å². The van der Waals surface area contributed by atoms with Gasteiger partial charge < -0.3 is 13.6 Å². The maximum atomic E-state index is 6.05. The highest BCUT2D eigenvalue weighted by atomic mass is 16.5. The molecule has 0 radical (unpaired) electrons. The maximum absolute atomic E-state index is 6.05. The Kier molecular flexibility index (Phi) is 7.18. The van der Waals surface area contributed by atoms with Crippen molar-refractivity contribution in [2.24, 2.45) is 0 Å². The standard InChI is InChI=1S/C36H34N4O3/c1-35(2,3)27-15-7-23(8-16-27)31-37-39-33(42-31)25-11-19-29(20-12-25)41-30-21-13-26(14-22-30)34-40-38-32(43-34)24-9-17-28(18-10-24)36(4,5)6/h7-22H,1-6H3. The maximum Gasteiger partial charge on any atom is 0.248 e. The largest absolute Gasteiger partial charge is 0.457 e. The van der Waals surface area contributed by atoms with Crippen molar-refractivity contribution in [2.45, 2.75) is 52.4 Å². The first-order chi connectivity index (χ1) is 20.5. The van der Waals surface area contributed by atoms with Crippen LogP contribution in [0.15, 0.2) is 106 Å². The topological polar surface area (TPSA) is 87.1 Å². The van der Waals surface area contributed by atoms with Crippen molar-refractivity contribution in [3.05, 3.63) is 108 Å². The first-order valence-corrected chi connectivity index (χ1v) is 14.3. The second-order valence-electron chi connectivity index (χ2n) is 12.6. The van der Waals surface area contributed by atoms with Crippen molar-refractivity contribution >= 4 is 0 Å². The predicted octanol–water partition coefficient (Wildman–Crippen LogP) is 9.51. The second-order valence-corrected chi connectivity index (χ2v) is 12.6. The van der Waals surface area contributed by atoms with Crippen LogP contribution in [0.5, 0.6) is 11.5 Å². The molecule has 0 saturated carbocycles. The molecule has 0 atom stereocenters. The fourth-order valence-corrected chi connectivity index (χ4v) is 4.61. The van der Waals surface area contributed by atoms with Gasteiger partial charge in [-0.05, 0) is 94.8 Å². The van der Waals surface area contributed by atoms with Gasteiger partial charge in [-0.15, -0.1) is 20.4 Å². The molecule has 0 unspecified atom stereocenters. The highest BCUT2D eigenvalue weighted by Crippen LogP contribution is 2.31. The van der Waals surface area contributed by atoms with E-state index >= 15 is 0 Å². The van der Waals surface area contributed by atoms with Gasteiger partial charge in [0.2, 0.25) is 23.6 Å². The molecule has 2 heterocycles. The van der Waals surface area contributed by atoms with E-state index in [0.29, 0.717) is 35.1 Å². The third-order valence-electron chi connectivity index (χ3n) is 7.28. The van der Waals surface area contributed by atoms with E-state index in [2.05, 4.69) is 86.2 Å². The molecule has 0 N–H and O–H groups in total. The molecule has 0 aliphatic carbocycles. The Morgan fingerprint density at radius 1 is 0.395 bits per heavy atom. The minimum atomic E-state index is 0.0856. The molecule has 0 fully saturated rings. The number of nitrogens with zero attached hydrogens (tertiary/aromatic N) is 4. The van der Waals surface area contributed by atoms with Crippen LogP contribution in [-0.4, -0.2) is 20.4 Å². The minimum absolute atomic E-state index is 0.0856. The van der Waals surface area contributed by atoms with Gasteiger partial charge in [0.1, 0.15) is 11.5 Å². The predicted molar refractivity (Wildman–Crippen MR) is 168 cm³/mol. The van der Waals surface area contributed by atoms with Gasteiger partial charge in [-0.25, -0.2) is 0 Å². The lowest BCUT2D eigenvalue weighted by Gasteiger charge is -2.18. The first kappa shape index (κ1) is 28.1. The zero-order valence-corrected chi connectivity index (χ0v) is 25.3. The molecule has 7 nitrogen and oxygen atoms in total. The number of hydrogen-bond acceptors (Lipinski definition) is 7. The summed E-state index contributed by atoms with van der Waals surface area (Å²) in [5.41, 5.74) is 6.08. The summed E-state index contributed by atoms with van der Waals surface area (Å²) < 4.78 is 18.0. The molecule has 2 aromatic heterocycles. The van der Waals surface area contributed by atoms with E-state index in [4.69, 9.17) is 13.6 Å². The summed E-state index contributed by atoms with van der Waals surface area (Å²) in [6, 6.07) is 31.6. The molecule has 0 saturated heterocycles. The smallest absolute Gasteiger partial charge is 0.248 e. The molecule has 43 heavy (non-hydrogen) atoms. The summed E-state index contributed by atoms with van der Waals surface area (Å²) >= 11 is 0. The van der Waals surface area contributed by atoms with Gasteiger partial charge >= 0.3 is 0 Å². The zero-order valence-electron chi connectivity index (χ0n) is 25.3. The Bertz CT molecular complexity index is 1680. The summed E-state index contributed by atoms with van der Waals surface area (Å²) in [6.45, 7) is 13.1. The van der Waals surface area contributed by atoms with E-state index in [9.17, 15) is 0 Å². The van der Waals surface area contributed by atoms with Gasteiger partial charge in [0.05, 0.1) is 0 Å². The average molecular weight is 571 g/mol. The van der Waals surface area contributed by atoms with Gasteiger partial charge in [-0.1, -0.05) is 65.8 Å². The summed E-state index contributed by atoms with van der Waals surface area (Å²) in [6.07, 6.45) is 0. The Labute approximate surface area is 251 Å². The monoisotopic (exact) mass is 570 g/mol. The number of ether oxygens (including phenoxy) is 1. The minimum Gasteiger partial charge on any atom is -0.457 e. The van der Waals surface area contributed by atoms with Gasteiger partial charge in [0.15, 0.2) is 0 Å². The third-order valence-corrected chi connectivity index (χ3v) is 7.28. The van der Waals surface area contributed by atoms with Gasteiger partial charge in [-0.2, -0.15) is 0 Å². The lowest BCUT2D eigenvalue weighted by molar-refractivity contribution is 0.482. The molecule has 0 amide bonds. The quantitative estimate of drug-likeness (QED) is 0.197. The molecular formula is C36H34N4O3. The molecule has 7 heteroatoms. The van der Waals surface area contributed by atoms with Crippen LogP contribution in [0.4, 0.5) is 0 Å². The Morgan fingerprint density at radius 3 is 0.907 bits per heavy atom. The molecule has 4 aromatic carbocycles. The number of benzene rings is 4. The number of hydrogen-bond donors (Lipinski definition) is 0. The summed E-state index contributed by atoms with van der Waals surface area (Å²) in [4.78, 5) is 0. The number of aromatic nitrogens is 4. The molecule has 0 aliphatic heterocycles. The van der Waals surface area contributed by atoms with Crippen LogP contribution in [0.25, 0.3) is 45.8 Å². The average Bonchev–Trinajstić information content (AvgIpc) is 3.69. The van der Waals surface area contributed by atoms with Gasteiger partial charge in [0, 0.05) is 22.3 Å². The second kappa shape index (κ2) is 11.0. The van der Waals surface area contributed by atoms with Crippen molar-refractivity contribution in [1.29, 1.82) is 0 Å². The van der Waals surface area contributed by atoms with E-state index in [1.807, 2.05) is 72.8 Å². The van der Waals surface area contributed by atoms with E-state index in [0.717, 1.165) is 22.3 Å². The molecule has 6 rings (SSSR count). The van der Waals surface area contributed by atoms with Crippen molar-refractivity contribution < 1.29 is 13.6 Å². The summed E-state index contributed by atoms with van der Waals surface area (Å²) in [7, 11) is 0. The summed E-state index contributed by atoms with van der Waals surface area (Å²) in [5, 5.41) is 17.0. The molecular weight excluding hydrogens is 536 g/mol. The molecule has 0 bridgehead atoms. The normalized spacial score (nSPS) is 12.0. The van der Waals surface area contributed by atoms with Gasteiger partial charge in [0.25, 0.3) is 0 Å².